The molecule has 0 saturated carbocycles. The lowest BCUT2D eigenvalue weighted by Gasteiger charge is -2.06. The molecule has 4 heteroatoms. The summed E-state index contributed by atoms with van der Waals surface area (Å²) in [6.45, 7) is 1.80. The molecule has 0 amide bonds. The Morgan fingerprint density at radius 1 is 1.26 bits per heavy atom. The fourth-order valence-corrected chi connectivity index (χ4v) is 2.08. The zero-order valence-electron chi connectivity index (χ0n) is 10.3. The van der Waals surface area contributed by atoms with Crippen molar-refractivity contribution < 1.29 is 13.9 Å². The summed E-state index contributed by atoms with van der Waals surface area (Å²) >= 11 is 3.35. The molecule has 2 nitrogen and oxygen atoms in total. The SMILES string of the molecule is Cc1cc(C(=O)OCc2cccc(Br)c2)ccc1F. The second kappa shape index (κ2) is 5.97. The molecule has 0 heterocycles. The van der Waals surface area contributed by atoms with E-state index in [0.717, 1.165) is 10.0 Å². The second-order valence-corrected chi connectivity index (χ2v) is 5.09. The Kier molecular flexibility index (Phi) is 4.32. The first-order valence-corrected chi connectivity index (χ1v) is 6.53. The van der Waals surface area contributed by atoms with Crippen molar-refractivity contribution in [3.8, 4) is 0 Å². The van der Waals surface area contributed by atoms with E-state index in [0.29, 0.717) is 11.1 Å². The van der Waals surface area contributed by atoms with Crippen LogP contribution in [0.1, 0.15) is 21.5 Å². The Morgan fingerprint density at radius 3 is 2.74 bits per heavy atom. The topological polar surface area (TPSA) is 26.3 Å². The van der Waals surface area contributed by atoms with Crippen molar-refractivity contribution in [2.24, 2.45) is 0 Å². The highest BCUT2D eigenvalue weighted by Crippen LogP contribution is 2.14. The largest absolute Gasteiger partial charge is 0.457 e. The van der Waals surface area contributed by atoms with E-state index in [9.17, 15) is 9.18 Å². The van der Waals surface area contributed by atoms with Crippen molar-refractivity contribution in [1.29, 1.82) is 0 Å². The number of ether oxygens (including phenoxy) is 1. The van der Waals surface area contributed by atoms with Gasteiger partial charge < -0.3 is 4.74 Å². The minimum absolute atomic E-state index is 0.189. The van der Waals surface area contributed by atoms with E-state index in [2.05, 4.69) is 15.9 Å². The number of halogens is 2. The summed E-state index contributed by atoms with van der Waals surface area (Å²) in [6.07, 6.45) is 0. The number of carbonyl (C=O) groups is 1. The maximum atomic E-state index is 13.1. The first-order chi connectivity index (χ1) is 9.06. The van der Waals surface area contributed by atoms with Gasteiger partial charge in [0.15, 0.2) is 0 Å². The highest BCUT2D eigenvalue weighted by molar-refractivity contribution is 9.10. The highest BCUT2D eigenvalue weighted by Gasteiger charge is 2.09. The minimum atomic E-state index is -0.455. The lowest BCUT2D eigenvalue weighted by atomic mass is 10.1. The molecule has 0 spiro atoms. The van der Waals surface area contributed by atoms with Gasteiger partial charge in [0.05, 0.1) is 5.56 Å². The lowest BCUT2D eigenvalue weighted by Crippen LogP contribution is -2.06. The van der Waals surface area contributed by atoms with Crippen LogP contribution in [0.5, 0.6) is 0 Å². The van der Waals surface area contributed by atoms with E-state index < -0.39 is 5.97 Å². The first kappa shape index (κ1) is 13.7. The number of benzene rings is 2. The van der Waals surface area contributed by atoms with Gasteiger partial charge in [-0.25, -0.2) is 9.18 Å². The van der Waals surface area contributed by atoms with Gasteiger partial charge in [-0.15, -0.1) is 0 Å². The fraction of sp³-hybridized carbons (Fsp3) is 0.133. The van der Waals surface area contributed by atoms with Crippen LogP contribution in [0, 0.1) is 12.7 Å². The Bertz CT molecular complexity index is 611. The molecule has 2 aromatic carbocycles. The van der Waals surface area contributed by atoms with Crippen LogP contribution >= 0.6 is 15.9 Å². The first-order valence-electron chi connectivity index (χ1n) is 5.74. The number of esters is 1. The molecule has 0 unspecified atom stereocenters. The molecule has 0 fully saturated rings. The van der Waals surface area contributed by atoms with Gasteiger partial charge in [0, 0.05) is 4.47 Å². The number of carbonyl (C=O) groups excluding carboxylic acids is 1. The molecule has 98 valence electrons. The lowest BCUT2D eigenvalue weighted by molar-refractivity contribution is 0.0472. The van der Waals surface area contributed by atoms with Gasteiger partial charge >= 0.3 is 5.97 Å². The van der Waals surface area contributed by atoms with E-state index >= 15 is 0 Å². The van der Waals surface area contributed by atoms with Gasteiger partial charge in [-0.1, -0.05) is 28.1 Å². The van der Waals surface area contributed by atoms with Gasteiger partial charge in [-0.05, 0) is 48.4 Å². The van der Waals surface area contributed by atoms with Crippen LogP contribution in [0.15, 0.2) is 46.9 Å². The Balaban J connectivity index is 2.03. The molecule has 0 N–H and O–H groups in total. The molecule has 0 aliphatic rings. The van der Waals surface area contributed by atoms with E-state index in [1.54, 1.807) is 6.92 Å². The van der Waals surface area contributed by atoms with Gasteiger partial charge in [0.25, 0.3) is 0 Å². The third-order valence-electron chi connectivity index (χ3n) is 2.65. The molecule has 0 aliphatic heterocycles. The predicted octanol–water partition coefficient (Wildman–Crippen LogP) is 4.25. The zero-order chi connectivity index (χ0) is 13.8. The molecule has 0 bridgehead atoms. The summed E-state index contributed by atoms with van der Waals surface area (Å²) in [5.41, 5.74) is 1.67. The van der Waals surface area contributed by atoms with E-state index in [-0.39, 0.29) is 12.4 Å². The quantitative estimate of drug-likeness (QED) is 0.789. The van der Waals surface area contributed by atoms with Crippen LogP contribution < -0.4 is 0 Å². The van der Waals surface area contributed by atoms with Crippen LogP contribution in [0.3, 0.4) is 0 Å². The van der Waals surface area contributed by atoms with Gasteiger partial charge in [0.2, 0.25) is 0 Å². The van der Waals surface area contributed by atoms with Crippen molar-refractivity contribution in [3.05, 3.63) is 69.4 Å². The molecule has 19 heavy (non-hydrogen) atoms. The predicted molar refractivity (Wildman–Crippen MR) is 74.4 cm³/mol. The van der Waals surface area contributed by atoms with Gasteiger partial charge in [-0.3, -0.25) is 0 Å². The van der Waals surface area contributed by atoms with E-state index in [4.69, 9.17) is 4.74 Å². The molecule has 2 aromatic rings. The van der Waals surface area contributed by atoms with Crippen molar-refractivity contribution in [2.75, 3.05) is 0 Å². The Morgan fingerprint density at radius 2 is 2.05 bits per heavy atom. The maximum Gasteiger partial charge on any atom is 0.338 e. The third-order valence-corrected chi connectivity index (χ3v) is 3.15. The summed E-state index contributed by atoms with van der Waals surface area (Å²) in [6, 6.07) is 11.7. The third kappa shape index (κ3) is 3.64. The van der Waals surface area contributed by atoms with E-state index in [1.807, 2.05) is 24.3 Å². The number of rotatable bonds is 3. The molecular weight excluding hydrogens is 311 g/mol. The number of aryl methyl sites for hydroxylation is 1. The molecule has 0 saturated heterocycles. The summed E-state index contributed by atoms with van der Waals surface area (Å²) in [5, 5.41) is 0. The number of hydrogen-bond acceptors (Lipinski definition) is 2. The zero-order valence-corrected chi connectivity index (χ0v) is 11.9. The van der Waals surface area contributed by atoms with Crippen LogP contribution in [0.4, 0.5) is 4.39 Å². The van der Waals surface area contributed by atoms with Gasteiger partial charge in [0.1, 0.15) is 12.4 Å². The summed E-state index contributed by atoms with van der Waals surface area (Å²) in [5.74, 6) is -0.786. The fourth-order valence-electron chi connectivity index (χ4n) is 1.63. The van der Waals surface area contributed by atoms with Crippen molar-refractivity contribution >= 4 is 21.9 Å². The van der Waals surface area contributed by atoms with Crippen LogP contribution in [-0.2, 0) is 11.3 Å². The van der Waals surface area contributed by atoms with Crippen molar-refractivity contribution in [1.82, 2.24) is 0 Å². The molecule has 0 radical (unpaired) electrons. The average Bonchev–Trinajstić information content (AvgIpc) is 2.39. The smallest absolute Gasteiger partial charge is 0.338 e. The van der Waals surface area contributed by atoms with Crippen molar-refractivity contribution in [3.63, 3.8) is 0 Å². The Hall–Kier alpha value is -1.68. The molecule has 0 aromatic heterocycles. The summed E-state index contributed by atoms with van der Waals surface area (Å²) in [4.78, 5) is 11.8. The normalized spacial score (nSPS) is 10.3. The standard InChI is InChI=1S/C15H12BrFO2/c1-10-7-12(5-6-14(10)17)15(18)19-9-11-3-2-4-13(16)8-11/h2-8H,9H2,1H3. The van der Waals surface area contributed by atoms with Gasteiger partial charge in [-0.2, -0.15) is 0 Å². The summed E-state index contributed by atoms with van der Waals surface area (Å²) < 4.78 is 19.2. The molecule has 0 aliphatic carbocycles. The molecule has 0 atom stereocenters. The van der Waals surface area contributed by atoms with E-state index in [1.165, 1.54) is 18.2 Å². The monoisotopic (exact) mass is 322 g/mol. The number of hydrogen-bond donors (Lipinski definition) is 0. The Labute approximate surface area is 119 Å². The van der Waals surface area contributed by atoms with Crippen LogP contribution in [0.2, 0.25) is 0 Å². The van der Waals surface area contributed by atoms with Crippen molar-refractivity contribution in [2.45, 2.75) is 13.5 Å². The molecule has 2 rings (SSSR count). The van der Waals surface area contributed by atoms with Crippen LogP contribution in [-0.4, -0.2) is 5.97 Å². The maximum absolute atomic E-state index is 13.1. The molecular formula is C15H12BrFO2. The minimum Gasteiger partial charge on any atom is -0.457 e. The average molecular weight is 323 g/mol. The second-order valence-electron chi connectivity index (χ2n) is 4.17. The summed E-state index contributed by atoms with van der Waals surface area (Å²) in [7, 11) is 0. The highest BCUT2D eigenvalue weighted by atomic mass is 79.9. The van der Waals surface area contributed by atoms with Crippen LogP contribution in [0.25, 0.3) is 0 Å².